The normalized spacial score (nSPS) is 11.0. The van der Waals surface area contributed by atoms with Crippen molar-refractivity contribution >= 4 is 11.6 Å². The van der Waals surface area contributed by atoms with E-state index in [0.717, 1.165) is 11.1 Å². The van der Waals surface area contributed by atoms with Crippen molar-refractivity contribution in [1.29, 1.82) is 0 Å². The largest absolute Gasteiger partial charge is 0.330 e. The molecule has 2 aromatic heterocycles. The Kier molecular flexibility index (Phi) is 4.19. The van der Waals surface area contributed by atoms with E-state index in [-0.39, 0.29) is 11.9 Å². The minimum atomic E-state index is -0.191. The Bertz CT molecular complexity index is 988. The smallest absolute Gasteiger partial charge is 0.259 e. The fraction of sp³-hybridized carbons (Fsp3) is 0.0952. The third kappa shape index (κ3) is 2.84. The second-order valence-electron chi connectivity index (χ2n) is 6.09. The standard InChI is InChI=1S/C21H18N4O/c1-24(21(26)18-15-23-25-14-8-13-22-20(18)25)19(16-9-4-2-5-10-16)17-11-6-3-7-12-17/h2-15,19H,1H3. The Morgan fingerprint density at radius 3 is 2.19 bits per heavy atom. The van der Waals surface area contributed by atoms with Crippen LogP contribution in [0.5, 0.6) is 0 Å². The Balaban J connectivity index is 1.77. The van der Waals surface area contributed by atoms with E-state index < -0.39 is 0 Å². The van der Waals surface area contributed by atoms with Gasteiger partial charge >= 0.3 is 0 Å². The number of nitrogens with zero attached hydrogens (tertiary/aromatic N) is 4. The minimum Gasteiger partial charge on any atom is -0.330 e. The van der Waals surface area contributed by atoms with Gasteiger partial charge in [-0.05, 0) is 17.2 Å². The third-order valence-electron chi connectivity index (χ3n) is 4.45. The van der Waals surface area contributed by atoms with Crippen molar-refractivity contribution in [1.82, 2.24) is 19.5 Å². The highest BCUT2D eigenvalue weighted by Crippen LogP contribution is 2.29. The molecular formula is C21H18N4O. The van der Waals surface area contributed by atoms with Gasteiger partial charge in [-0.3, -0.25) is 4.79 Å². The molecule has 0 saturated heterocycles. The highest BCUT2D eigenvalue weighted by atomic mass is 16.2. The summed E-state index contributed by atoms with van der Waals surface area (Å²) in [7, 11) is 1.82. The molecule has 0 radical (unpaired) electrons. The fourth-order valence-electron chi connectivity index (χ4n) is 3.20. The quantitative estimate of drug-likeness (QED) is 0.569. The summed E-state index contributed by atoms with van der Waals surface area (Å²) in [6.45, 7) is 0. The van der Waals surface area contributed by atoms with Crippen LogP contribution in [0.4, 0.5) is 0 Å². The average Bonchev–Trinajstić information content (AvgIpc) is 3.13. The van der Waals surface area contributed by atoms with Gasteiger partial charge in [0, 0.05) is 19.4 Å². The Morgan fingerprint density at radius 2 is 1.58 bits per heavy atom. The summed E-state index contributed by atoms with van der Waals surface area (Å²) in [5, 5.41) is 4.23. The van der Waals surface area contributed by atoms with Crippen LogP contribution in [0.3, 0.4) is 0 Å². The van der Waals surface area contributed by atoms with Gasteiger partial charge in [-0.2, -0.15) is 5.10 Å². The lowest BCUT2D eigenvalue weighted by atomic mass is 9.97. The minimum absolute atomic E-state index is 0.114. The first-order valence-corrected chi connectivity index (χ1v) is 8.41. The molecule has 4 rings (SSSR count). The second kappa shape index (κ2) is 6.80. The predicted octanol–water partition coefficient (Wildman–Crippen LogP) is 3.59. The van der Waals surface area contributed by atoms with Crippen molar-refractivity contribution in [3.05, 3.63) is 102 Å². The first-order valence-electron chi connectivity index (χ1n) is 8.41. The molecule has 0 aliphatic heterocycles. The van der Waals surface area contributed by atoms with Crippen LogP contribution >= 0.6 is 0 Å². The molecule has 5 heteroatoms. The van der Waals surface area contributed by atoms with Gasteiger partial charge in [-0.15, -0.1) is 0 Å². The number of fused-ring (bicyclic) bond motifs is 1. The highest BCUT2D eigenvalue weighted by Gasteiger charge is 2.26. The maximum Gasteiger partial charge on any atom is 0.259 e. The fourth-order valence-corrected chi connectivity index (χ4v) is 3.20. The van der Waals surface area contributed by atoms with E-state index in [1.807, 2.05) is 67.7 Å². The lowest BCUT2D eigenvalue weighted by molar-refractivity contribution is 0.0757. The van der Waals surface area contributed by atoms with Crippen LogP contribution in [0, 0.1) is 0 Å². The van der Waals surface area contributed by atoms with E-state index in [1.165, 1.54) is 0 Å². The molecule has 0 N–H and O–H groups in total. The summed E-state index contributed by atoms with van der Waals surface area (Å²) < 4.78 is 1.61. The predicted molar refractivity (Wildman–Crippen MR) is 99.8 cm³/mol. The van der Waals surface area contributed by atoms with Crippen LogP contribution in [-0.4, -0.2) is 32.5 Å². The van der Waals surface area contributed by atoms with E-state index in [2.05, 4.69) is 10.1 Å². The van der Waals surface area contributed by atoms with E-state index in [1.54, 1.807) is 34.1 Å². The summed E-state index contributed by atoms with van der Waals surface area (Å²) in [6, 6.07) is 21.6. The number of rotatable bonds is 4. The molecule has 4 aromatic rings. The highest BCUT2D eigenvalue weighted by molar-refractivity contribution is 5.99. The summed E-state index contributed by atoms with van der Waals surface area (Å²) in [6.07, 6.45) is 5.03. The van der Waals surface area contributed by atoms with E-state index in [0.29, 0.717) is 11.2 Å². The van der Waals surface area contributed by atoms with Gasteiger partial charge < -0.3 is 4.90 Å². The number of benzene rings is 2. The number of hydrogen-bond acceptors (Lipinski definition) is 3. The van der Waals surface area contributed by atoms with Crippen LogP contribution in [-0.2, 0) is 0 Å². The lowest BCUT2D eigenvalue weighted by Gasteiger charge is -2.29. The summed E-state index contributed by atoms with van der Waals surface area (Å²) in [4.78, 5) is 19.3. The maximum absolute atomic E-state index is 13.2. The van der Waals surface area contributed by atoms with Crippen LogP contribution in [0.25, 0.3) is 5.65 Å². The first-order chi connectivity index (χ1) is 12.8. The van der Waals surface area contributed by atoms with Crippen molar-refractivity contribution in [3.63, 3.8) is 0 Å². The van der Waals surface area contributed by atoms with Crippen LogP contribution < -0.4 is 0 Å². The van der Waals surface area contributed by atoms with Crippen molar-refractivity contribution in [3.8, 4) is 0 Å². The summed E-state index contributed by atoms with van der Waals surface area (Å²) >= 11 is 0. The topological polar surface area (TPSA) is 50.5 Å². The Hall–Kier alpha value is -3.47. The van der Waals surface area contributed by atoms with Crippen LogP contribution in [0.15, 0.2) is 85.3 Å². The van der Waals surface area contributed by atoms with Crippen molar-refractivity contribution in [2.75, 3.05) is 7.05 Å². The molecule has 2 heterocycles. The van der Waals surface area contributed by atoms with Crippen molar-refractivity contribution in [2.45, 2.75) is 6.04 Å². The monoisotopic (exact) mass is 342 g/mol. The zero-order valence-electron chi connectivity index (χ0n) is 14.4. The molecule has 0 aliphatic carbocycles. The number of carbonyl (C=O) groups is 1. The van der Waals surface area contributed by atoms with Crippen molar-refractivity contribution in [2.24, 2.45) is 0 Å². The first kappa shape index (κ1) is 16.0. The van der Waals surface area contributed by atoms with Gasteiger partial charge in [0.05, 0.1) is 12.2 Å². The van der Waals surface area contributed by atoms with Gasteiger partial charge in [0.2, 0.25) is 0 Å². The molecular weight excluding hydrogens is 324 g/mol. The molecule has 0 saturated carbocycles. The molecule has 0 spiro atoms. The SMILES string of the molecule is CN(C(=O)c1cnn2cccnc12)C(c1ccccc1)c1ccccc1. The molecule has 0 fully saturated rings. The van der Waals surface area contributed by atoms with Crippen LogP contribution in [0.1, 0.15) is 27.5 Å². The molecule has 0 aliphatic rings. The molecule has 0 unspecified atom stereocenters. The summed E-state index contributed by atoms with van der Waals surface area (Å²) in [5.41, 5.74) is 3.16. The maximum atomic E-state index is 13.2. The molecule has 5 nitrogen and oxygen atoms in total. The van der Waals surface area contributed by atoms with Crippen LogP contribution in [0.2, 0.25) is 0 Å². The van der Waals surface area contributed by atoms with Crippen molar-refractivity contribution < 1.29 is 4.79 Å². The van der Waals surface area contributed by atoms with E-state index >= 15 is 0 Å². The zero-order valence-corrected chi connectivity index (χ0v) is 14.4. The number of hydrogen-bond donors (Lipinski definition) is 0. The molecule has 2 aromatic carbocycles. The van der Waals surface area contributed by atoms with E-state index in [9.17, 15) is 4.79 Å². The van der Waals surface area contributed by atoms with Gasteiger partial charge in [0.15, 0.2) is 5.65 Å². The number of aromatic nitrogens is 3. The molecule has 26 heavy (non-hydrogen) atoms. The molecule has 0 atom stereocenters. The number of amides is 1. The zero-order chi connectivity index (χ0) is 17.9. The summed E-state index contributed by atoms with van der Waals surface area (Å²) in [5.74, 6) is -0.114. The molecule has 1 amide bonds. The van der Waals surface area contributed by atoms with E-state index in [4.69, 9.17) is 0 Å². The third-order valence-corrected chi connectivity index (χ3v) is 4.45. The average molecular weight is 342 g/mol. The van der Waals surface area contributed by atoms with Gasteiger partial charge in [0.25, 0.3) is 5.91 Å². The van der Waals surface area contributed by atoms with Gasteiger partial charge in [0.1, 0.15) is 5.56 Å². The Morgan fingerprint density at radius 1 is 0.962 bits per heavy atom. The molecule has 128 valence electrons. The lowest BCUT2D eigenvalue weighted by Crippen LogP contribution is -2.32. The number of carbonyl (C=O) groups excluding carboxylic acids is 1. The van der Waals surface area contributed by atoms with Gasteiger partial charge in [-0.1, -0.05) is 60.7 Å². The molecule has 0 bridgehead atoms. The van der Waals surface area contributed by atoms with Gasteiger partial charge in [-0.25, -0.2) is 9.50 Å². The second-order valence-corrected chi connectivity index (χ2v) is 6.09. The Labute approximate surface area is 151 Å².